The van der Waals surface area contributed by atoms with E-state index >= 15 is 0 Å². The number of anilines is 1. The Hall–Kier alpha value is -2.83. The van der Waals surface area contributed by atoms with Crippen LogP contribution in [0.5, 0.6) is 0 Å². The second-order valence-corrected chi connectivity index (χ2v) is 5.69. The molecule has 0 bridgehead atoms. The van der Waals surface area contributed by atoms with Crippen molar-refractivity contribution >= 4 is 17.2 Å². The van der Waals surface area contributed by atoms with Gasteiger partial charge in [0.2, 0.25) is 0 Å². The van der Waals surface area contributed by atoms with Gasteiger partial charge in [-0.2, -0.15) is 5.10 Å². The van der Waals surface area contributed by atoms with Gasteiger partial charge in [0, 0.05) is 24.5 Å². The highest BCUT2D eigenvalue weighted by Gasteiger charge is 2.25. The minimum atomic E-state index is -0.679. The summed E-state index contributed by atoms with van der Waals surface area (Å²) in [7, 11) is 1.39. The second kappa shape index (κ2) is 5.67. The molecule has 0 spiro atoms. The third-order valence-corrected chi connectivity index (χ3v) is 3.86. The Morgan fingerprint density at radius 1 is 1.17 bits per heavy atom. The van der Waals surface area contributed by atoms with E-state index in [4.69, 9.17) is 0 Å². The highest BCUT2D eigenvalue weighted by molar-refractivity contribution is 6.10. The summed E-state index contributed by atoms with van der Waals surface area (Å²) < 4.78 is 29.0. The molecule has 0 radical (unpaired) electrons. The van der Waals surface area contributed by atoms with Crippen molar-refractivity contribution in [1.82, 2.24) is 14.6 Å². The number of halogens is 2. The Balaban J connectivity index is 2.15. The predicted octanol–water partition coefficient (Wildman–Crippen LogP) is 3.21. The Morgan fingerprint density at radius 2 is 1.88 bits per heavy atom. The van der Waals surface area contributed by atoms with Crippen molar-refractivity contribution in [1.29, 1.82) is 0 Å². The van der Waals surface area contributed by atoms with Crippen LogP contribution >= 0.6 is 0 Å². The number of fused-ring (bicyclic) bond motifs is 1. The van der Waals surface area contributed by atoms with Crippen LogP contribution < -0.4 is 4.90 Å². The third-order valence-electron chi connectivity index (χ3n) is 3.86. The number of aryl methyl sites for hydroxylation is 3. The number of carbonyl (C=O) groups is 1. The summed E-state index contributed by atoms with van der Waals surface area (Å²) in [5.41, 5.74) is 2.59. The smallest absolute Gasteiger partial charge is 0.263 e. The molecule has 3 rings (SSSR count). The van der Waals surface area contributed by atoms with Crippen molar-refractivity contribution in [3.63, 3.8) is 0 Å². The van der Waals surface area contributed by atoms with Gasteiger partial charge < -0.3 is 4.90 Å². The lowest BCUT2D eigenvalue weighted by atomic mass is 10.2. The maximum Gasteiger partial charge on any atom is 0.263 e. The summed E-state index contributed by atoms with van der Waals surface area (Å²) in [6.07, 6.45) is 0. The zero-order chi connectivity index (χ0) is 17.6. The van der Waals surface area contributed by atoms with Crippen molar-refractivity contribution in [2.24, 2.45) is 0 Å². The van der Waals surface area contributed by atoms with Gasteiger partial charge in [0.15, 0.2) is 5.65 Å². The van der Waals surface area contributed by atoms with Crippen LogP contribution in [0.4, 0.5) is 14.5 Å². The van der Waals surface area contributed by atoms with Crippen molar-refractivity contribution in [3.8, 4) is 0 Å². The molecule has 124 valence electrons. The Labute approximate surface area is 137 Å². The van der Waals surface area contributed by atoms with Gasteiger partial charge in [-0.15, -0.1) is 0 Å². The van der Waals surface area contributed by atoms with E-state index in [0.29, 0.717) is 11.3 Å². The minimum absolute atomic E-state index is 0.136. The SMILES string of the molecule is Cc1cc(C)n2nc(C)c(C(=O)N(C)c3cc(F)ccc3F)c2n1. The van der Waals surface area contributed by atoms with Gasteiger partial charge in [-0.25, -0.2) is 18.3 Å². The average molecular weight is 330 g/mol. The monoisotopic (exact) mass is 330 g/mol. The predicted molar refractivity (Wildman–Crippen MR) is 86.3 cm³/mol. The van der Waals surface area contributed by atoms with Crippen LogP contribution in [0.15, 0.2) is 24.3 Å². The lowest BCUT2D eigenvalue weighted by Crippen LogP contribution is -2.28. The quantitative estimate of drug-likeness (QED) is 0.725. The molecule has 5 nitrogen and oxygen atoms in total. The van der Waals surface area contributed by atoms with Gasteiger partial charge >= 0.3 is 0 Å². The third kappa shape index (κ3) is 2.51. The van der Waals surface area contributed by atoms with Crippen LogP contribution in [-0.2, 0) is 0 Å². The standard InChI is InChI=1S/C17H16F2N4O/c1-9-7-10(2)23-16(20-9)15(11(3)21-23)17(24)22(4)14-8-12(18)5-6-13(14)19/h5-8H,1-4H3. The normalized spacial score (nSPS) is 11.1. The summed E-state index contributed by atoms with van der Waals surface area (Å²) in [4.78, 5) is 18.3. The number of hydrogen-bond donors (Lipinski definition) is 0. The van der Waals surface area contributed by atoms with E-state index in [9.17, 15) is 13.6 Å². The Morgan fingerprint density at radius 3 is 2.58 bits per heavy atom. The van der Waals surface area contributed by atoms with Crippen LogP contribution in [0.25, 0.3) is 5.65 Å². The van der Waals surface area contributed by atoms with Gasteiger partial charge in [-0.05, 0) is 39.0 Å². The molecule has 1 amide bonds. The molecule has 0 N–H and O–H groups in total. The fraction of sp³-hybridized carbons (Fsp3) is 0.235. The number of amides is 1. The van der Waals surface area contributed by atoms with Gasteiger partial charge in [-0.3, -0.25) is 4.79 Å². The van der Waals surface area contributed by atoms with E-state index < -0.39 is 17.5 Å². The number of benzene rings is 1. The van der Waals surface area contributed by atoms with Crippen LogP contribution in [0.3, 0.4) is 0 Å². The number of aromatic nitrogens is 3. The molecule has 0 atom stereocenters. The fourth-order valence-corrected chi connectivity index (χ4v) is 2.70. The maximum absolute atomic E-state index is 14.0. The van der Waals surface area contributed by atoms with Gasteiger partial charge in [0.25, 0.3) is 5.91 Å². The number of nitrogens with zero attached hydrogens (tertiary/aromatic N) is 4. The molecule has 3 aromatic rings. The first kappa shape index (κ1) is 16.0. The van der Waals surface area contributed by atoms with E-state index in [-0.39, 0.29) is 11.3 Å². The molecule has 2 aromatic heterocycles. The van der Waals surface area contributed by atoms with E-state index in [1.54, 1.807) is 11.4 Å². The molecule has 0 unspecified atom stereocenters. The summed E-state index contributed by atoms with van der Waals surface area (Å²) in [6.45, 7) is 5.37. The van der Waals surface area contributed by atoms with Crippen molar-refractivity contribution in [2.75, 3.05) is 11.9 Å². The largest absolute Gasteiger partial charge is 0.308 e. The molecular formula is C17H16F2N4O. The first-order valence-corrected chi connectivity index (χ1v) is 7.36. The molecule has 0 saturated heterocycles. The maximum atomic E-state index is 14.0. The second-order valence-electron chi connectivity index (χ2n) is 5.69. The lowest BCUT2D eigenvalue weighted by molar-refractivity contribution is 0.0993. The van der Waals surface area contributed by atoms with Crippen LogP contribution in [0.1, 0.15) is 27.4 Å². The van der Waals surface area contributed by atoms with Gasteiger partial charge in [0.1, 0.15) is 17.2 Å². The number of carbonyl (C=O) groups excluding carboxylic acids is 1. The molecule has 2 heterocycles. The zero-order valence-electron chi connectivity index (χ0n) is 13.8. The molecule has 7 heteroatoms. The molecule has 1 aromatic carbocycles. The average Bonchev–Trinajstić information content (AvgIpc) is 2.85. The molecule has 0 aliphatic rings. The van der Waals surface area contributed by atoms with Crippen LogP contribution in [0, 0.1) is 32.4 Å². The Kier molecular flexibility index (Phi) is 3.79. The minimum Gasteiger partial charge on any atom is -0.308 e. The van der Waals surface area contributed by atoms with E-state index in [1.165, 1.54) is 7.05 Å². The first-order chi connectivity index (χ1) is 11.3. The number of rotatable bonds is 2. The topological polar surface area (TPSA) is 50.5 Å². The van der Waals surface area contributed by atoms with Crippen molar-refractivity contribution in [2.45, 2.75) is 20.8 Å². The summed E-state index contributed by atoms with van der Waals surface area (Å²) in [5.74, 6) is -1.79. The van der Waals surface area contributed by atoms with E-state index in [2.05, 4.69) is 10.1 Å². The van der Waals surface area contributed by atoms with Gasteiger partial charge in [-0.1, -0.05) is 0 Å². The molecule has 0 aliphatic carbocycles. The van der Waals surface area contributed by atoms with E-state index in [0.717, 1.165) is 34.5 Å². The lowest BCUT2D eigenvalue weighted by Gasteiger charge is -2.18. The molecule has 0 saturated carbocycles. The molecular weight excluding hydrogens is 314 g/mol. The zero-order valence-corrected chi connectivity index (χ0v) is 13.8. The fourth-order valence-electron chi connectivity index (χ4n) is 2.70. The van der Waals surface area contributed by atoms with Crippen LogP contribution in [0.2, 0.25) is 0 Å². The molecule has 0 aliphatic heterocycles. The molecule has 0 fully saturated rings. The van der Waals surface area contributed by atoms with Crippen LogP contribution in [-0.4, -0.2) is 27.6 Å². The molecule has 24 heavy (non-hydrogen) atoms. The highest BCUT2D eigenvalue weighted by Crippen LogP contribution is 2.24. The number of hydrogen-bond acceptors (Lipinski definition) is 3. The highest BCUT2D eigenvalue weighted by atomic mass is 19.1. The van der Waals surface area contributed by atoms with Crippen molar-refractivity contribution < 1.29 is 13.6 Å². The summed E-state index contributed by atoms with van der Waals surface area (Å²) in [5, 5.41) is 4.33. The Bertz CT molecular complexity index is 965. The summed E-state index contributed by atoms with van der Waals surface area (Å²) in [6, 6.07) is 4.83. The summed E-state index contributed by atoms with van der Waals surface area (Å²) >= 11 is 0. The van der Waals surface area contributed by atoms with Crippen molar-refractivity contribution in [3.05, 3.63) is 58.5 Å². The first-order valence-electron chi connectivity index (χ1n) is 7.36. The van der Waals surface area contributed by atoms with E-state index in [1.807, 2.05) is 19.9 Å². The van der Waals surface area contributed by atoms with Gasteiger partial charge in [0.05, 0.1) is 11.4 Å².